The molecule has 1 aliphatic rings. The Morgan fingerprint density at radius 1 is 1.44 bits per heavy atom. The van der Waals surface area contributed by atoms with E-state index in [2.05, 4.69) is 15.8 Å². The van der Waals surface area contributed by atoms with Gasteiger partial charge in [0.05, 0.1) is 0 Å². The lowest BCUT2D eigenvalue weighted by atomic mass is 10.3. The average molecular weight is 130 g/mol. The Bertz CT molecular complexity index is 91.0. The van der Waals surface area contributed by atoms with Crippen LogP contribution in [0.4, 0.5) is 0 Å². The predicted octanol–water partition coefficient (Wildman–Crippen LogP) is 1.13. The van der Waals surface area contributed by atoms with Crippen LogP contribution in [-0.2, 0) is 4.94 Å². The van der Waals surface area contributed by atoms with E-state index in [0.717, 1.165) is 12.8 Å². The van der Waals surface area contributed by atoms with E-state index in [9.17, 15) is 4.91 Å². The van der Waals surface area contributed by atoms with Gasteiger partial charge in [0.1, 0.15) is 0 Å². The summed E-state index contributed by atoms with van der Waals surface area (Å²) in [5.41, 5.74) is 2.55. The second-order valence-electron chi connectivity index (χ2n) is 2.27. The molecule has 1 rings (SSSR count). The second kappa shape index (κ2) is 3.40. The van der Waals surface area contributed by atoms with E-state index in [4.69, 9.17) is 0 Å². The molecule has 0 bridgehead atoms. The van der Waals surface area contributed by atoms with Crippen molar-refractivity contribution in [1.82, 2.24) is 5.48 Å². The van der Waals surface area contributed by atoms with Crippen molar-refractivity contribution in [3.05, 3.63) is 4.91 Å². The van der Waals surface area contributed by atoms with Gasteiger partial charge in [-0.1, -0.05) is 12.8 Å². The molecule has 0 aromatic heterocycles. The molecule has 0 aliphatic heterocycles. The van der Waals surface area contributed by atoms with Crippen LogP contribution < -0.4 is 5.48 Å². The first-order valence-electron chi connectivity index (χ1n) is 3.17. The Morgan fingerprint density at radius 2 is 2.11 bits per heavy atom. The molecule has 0 radical (unpaired) electrons. The number of hydroxylamine groups is 1. The SMILES string of the molecule is O=NONC1CCCC1. The monoisotopic (exact) mass is 130 g/mol. The second-order valence-corrected chi connectivity index (χ2v) is 2.27. The van der Waals surface area contributed by atoms with Gasteiger partial charge in [-0.3, -0.25) is 4.94 Å². The molecule has 0 spiro atoms. The van der Waals surface area contributed by atoms with Gasteiger partial charge in [0.2, 0.25) is 0 Å². The summed E-state index contributed by atoms with van der Waals surface area (Å²) in [6.45, 7) is 0. The third-order valence-electron chi connectivity index (χ3n) is 1.61. The van der Waals surface area contributed by atoms with Crippen LogP contribution in [-0.4, -0.2) is 6.04 Å². The molecule has 0 aromatic carbocycles. The van der Waals surface area contributed by atoms with Crippen LogP contribution in [0, 0.1) is 4.91 Å². The van der Waals surface area contributed by atoms with Crippen LogP contribution in [0.2, 0.25) is 0 Å². The lowest BCUT2D eigenvalue weighted by Gasteiger charge is -2.04. The molecule has 0 aromatic rings. The zero-order valence-corrected chi connectivity index (χ0v) is 5.17. The highest BCUT2D eigenvalue weighted by molar-refractivity contribution is 4.69. The van der Waals surface area contributed by atoms with E-state index in [0.29, 0.717) is 6.04 Å². The van der Waals surface area contributed by atoms with E-state index in [1.807, 2.05) is 0 Å². The van der Waals surface area contributed by atoms with Gasteiger partial charge in [0.25, 0.3) is 0 Å². The summed E-state index contributed by atoms with van der Waals surface area (Å²) in [5, 5.41) is 2.24. The largest absolute Gasteiger partial charge is 0.263 e. The highest BCUT2D eigenvalue weighted by Crippen LogP contribution is 2.17. The summed E-state index contributed by atoms with van der Waals surface area (Å²) < 4.78 is 0. The molecule has 0 atom stereocenters. The summed E-state index contributed by atoms with van der Waals surface area (Å²) in [4.78, 5) is 13.6. The van der Waals surface area contributed by atoms with Crippen molar-refractivity contribution in [3.63, 3.8) is 0 Å². The fourth-order valence-electron chi connectivity index (χ4n) is 1.14. The normalized spacial score (nSPS) is 20.0. The van der Waals surface area contributed by atoms with Crippen molar-refractivity contribution in [3.8, 4) is 0 Å². The van der Waals surface area contributed by atoms with Crippen LogP contribution in [0.1, 0.15) is 25.7 Å². The lowest BCUT2D eigenvalue weighted by Crippen LogP contribution is -2.23. The summed E-state index contributed by atoms with van der Waals surface area (Å²) >= 11 is 0. The molecule has 52 valence electrons. The zero-order chi connectivity index (χ0) is 6.53. The Labute approximate surface area is 53.5 Å². The third kappa shape index (κ3) is 1.97. The number of hydrogen-bond acceptors (Lipinski definition) is 4. The molecule has 4 heteroatoms. The van der Waals surface area contributed by atoms with Crippen LogP contribution >= 0.6 is 0 Å². The fraction of sp³-hybridized carbons (Fsp3) is 1.00. The first-order valence-corrected chi connectivity index (χ1v) is 3.17. The van der Waals surface area contributed by atoms with Crippen molar-refractivity contribution < 1.29 is 4.94 Å². The average Bonchev–Trinajstić information content (AvgIpc) is 2.34. The topological polar surface area (TPSA) is 50.7 Å². The van der Waals surface area contributed by atoms with Crippen LogP contribution in [0.15, 0.2) is 5.34 Å². The van der Waals surface area contributed by atoms with Gasteiger partial charge in [-0.05, 0) is 12.8 Å². The van der Waals surface area contributed by atoms with E-state index in [-0.39, 0.29) is 0 Å². The molecule has 1 aliphatic carbocycles. The molecule has 0 amide bonds. The van der Waals surface area contributed by atoms with E-state index >= 15 is 0 Å². The van der Waals surface area contributed by atoms with Gasteiger partial charge in [-0.2, -0.15) is 0 Å². The highest BCUT2D eigenvalue weighted by Gasteiger charge is 2.14. The van der Waals surface area contributed by atoms with Crippen LogP contribution in [0.25, 0.3) is 0 Å². The van der Waals surface area contributed by atoms with Crippen molar-refractivity contribution >= 4 is 0 Å². The molecular weight excluding hydrogens is 120 g/mol. The number of rotatable bonds is 3. The fourth-order valence-corrected chi connectivity index (χ4v) is 1.14. The molecule has 0 saturated heterocycles. The maximum Gasteiger partial charge on any atom is 0.176 e. The molecule has 4 nitrogen and oxygen atoms in total. The van der Waals surface area contributed by atoms with Crippen LogP contribution in [0.3, 0.4) is 0 Å². The molecule has 1 N–H and O–H groups in total. The molecular formula is C5H10N2O2. The predicted molar refractivity (Wildman–Crippen MR) is 32.3 cm³/mol. The first kappa shape index (κ1) is 6.48. The van der Waals surface area contributed by atoms with Crippen molar-refractivity contribution in [2.75, 3.05) is 0 Å². The molecule has 1 fully saturated rings. The van der Waals surface area contributed by atoms with Gasteiger partial charge < -0.3 is 0 Å². The maximum atomic E-state index is 9.43. The van der Waals surface area contributed by atoms with E-state index in [1.165, 1.54) is 12.8 Å². The number of nitrogens with zero attached hydrogens (tertiary/aromatic N) is 1. The van der Waals surface area contributed by atoms with E-state index < -0.39 is 0 Å². The third-order valence-corrected chi connectivity index (χ3v) is 1.61. The van der Waals surface area contributed by atoms with Gasteiger partial charge in [0.15, 0.2) is 5.34 Å². The van der Waals surface area contributed by atoms with Crippen LogP contribution in [0.5, 0.6) is 0 Å². The maximum absolute atomic E-state index is 9.43. The van der Waals surface area contributed by atoms with Crippen molar-refractivity contribution in [2.24, 2.45) is 5.34 Å². The minimum atomic E-state index is 0.350. The molecule has 0 unspecified atom stereocenters. The quantitative estimate of drug-likeness (QED) is 0.460. The Hall–Kier alpha value is -0.640. The smallest absolute Gasteiger partial charge is 0.176 e. The Balaban J connectivity index is 2.04. The minimum Gasteiger partial charge on any atom is -0.263 e. The molecule has 1 saturated carbocycles. The first-order chi connectivity index (χ1) is 4.43. The van der Waals surface area contributed by atoms with Gasteiger partial charge in [-0.25, -0.2) is 0 Å². The summed E-state index contributed by atoms with van der Waals surface area (Å²) in [6.07, 6.45) is 4.63. The van der Waals surface area contributed by atoms with Gasteiger partial charge in [-0.15, -0.1) is 10.4 Å². The van der Waals surface area contributed by atoms with Crippen molar-refractivity contribution in [1.29, 1.82) is 0 Å². The zero-order valence-electron chi connectivity index (χ0n) is 5.17. The van der Waals surface area contributed by atoms with Crippen molar-refractivity contribution in [2.45, 2.75) is 31.7 Å². The van der Waals surface area contributed by atoms with Gasteiger partial charge >= 0.3 is 0 Å². The highest BCUT2D eigenvalue weighted by atomic mass is 16.8. The summed E-state index contributed by atoms with van der Waals surface area (Å²) in [7, 11) is 0. The summed E-state index contributed by atoms with van der Waals surface area (Å²) in [5.74, 6) is 0. The Morgan fingerprint density at radius 3 is 2.67 bits per heavy atom. The number of hydrogen-bond donors (Lipinski definition) is 1. The van der Waals surface area contributed by atoms with E-state index in [1.54, 1.807) is 0 Å². The molecule has 9 heavy (non-hydrogen) atoms. The minimum absolute atomic E-state index is 0.350. The standard InChI is InChI=1S/C5H10N2O2/c8-7-9-6-5-3-1-2-4-5/h5-6H,1-4H2. The van der Waals surface area contributed by atoms with Gasteiger partial charge in [0, 0.05) is 6.04 Å². The lowest BCUT2D eigenvalue weighted by molar-refractivity contribution is 0.0185. The number of nitrogens with one attached hydrogen (secondary N) is 1. The summed E-state index contributed by atoms with van der Waals surface area (Å²) in [6, 6.07) is 0.350. The Kier molecular flexibility index (Phi) is 2.45. The molecule has 0 heterocycles.